The van der Waals surface area contributed by atoms with Gasteiger partial charge in [-0.2, -0.15) is 0 Å². The summed E-state index contributed by atoms with van der Waals surface area (Å²) in [6, 6.07) is 13.1. The molecule has 3 amide bonds. The van der Waals surface area contributed by atoms with E-state index in [1.807, 2.05) is 20.8 Å². The van der Waals surface area contributed by atoms with Crippen LogP contribution in [0.2, 0.25) is 0 Å². The van der Waals surface area contributed by atoms with Crippen molar-refractivity contribution in [2.24, 2.45) is 0 Å². The normalized spacial score (nSPS) is 14.4. The van der Waals surface area contributed by atoms with Crippen LogP contribution in [0.1, 0.15) is 42.6 Å². The molecule has 1 aliphatic rings. The van der Waals surface area contributed by atoms with Crippen molar-refractivity contribution in [3.05, 3.63) is 82.0 Å². The Balaban J connectivity index is 0.00000166. The number of Topliss-reactive ketones (excluding diaryl/α,β-unsaturated/α-hetero) is 1. The molecule has 0 aromatic heterocycles. The van der Waals surface area contributed by atoms with Crippen molar-refractivity contribution < 1.29 is 14.4 Å². The van der Waals surface area contributed by atoms with Gasteiger partial charge in [0.25, 0.3) is 0 Å². The fraction of sp³-hybridized carbons (Fsp3) is 0.174. The predicted molar refractivity (Wildman–Crippen MR) is 131 cm³/mol. The van der Waals surface area contributed by atoms with Gasteiger partial charge in [-0.25, -0.2) is 4.79 Å². The molecule has 0 saturated carbocycles. The summed E-state index contributed by atoms with van der Waals surface area (Å²) < 4.78 is 3.33. The highest BCUT2D eigenvalue weighted by atomic mass is 32.2. The number of hydrogen-bond donors (Lipinski definition) is 3. The smallest absolute Gasteiger partial charge is 0.324 e. The molecule has 1 aliphatic heterocycles. The Kier molecular flexibility index (Phi) is 8.96. The van der Waals surface area contributed by atoms with Crippen molar-refractivity contribution in [1.82, 2.24) is 4.72 Å². The summed E-state index contributed by atoms with van der Waals surface area (Å²) in [6.07, 6.45) is 0. The number of rotatable bonds is 6. The fourth-order valence-electron chi connectivity index (χ4n) is 2.82. The van der Waals surface area contributed by atoms with Crippen molar-refractivity contribution in [3.8, 4) is 0 Å². The monoisotopic (exact) mass is 455 g/mol. The van der Waals surface area contributed by atoms with E-state index in [1.54, 1.807) is 48.5 Å². The van der Waals surface area contributed by atoms with Gasteiger partial charge in [0.15, 0.2) is 5.78 Å². The van der Waals surface area contributed by atoms with Gasteiger partial charge in [0.05, 0.1) is 9.92 Å². The van der Waals surface area contributed by atoms with Crippen LogP contribution in [0.25, 0.3) is 0 Å². The highest BCUT2D eigenvalue weighted by molar-refractivity contribution is 8.23. The summed E-state index contributed by atoms with van der Waals surface area (Å²) in [7, 11) is 0. The number of allylic oxidation sites excluding steroid dienone is 1. The summed E-state index contributed by atoms with van der Waals surface area (Å²) in [5.41, 5.74) is 2.11. The average Bonchev–Trinajstić information content (AvgIpc) is 2.74. The van der Waals surface area contributed by atoms with Crippen LogP contribution < -0.4 is 15.4 Å². The van der Waals surface area contributed by atoms with Gasteiger partial charge in [0, 0.05) is 11.3 Å². The van der Waals surface area contributed by atoms with E-state index in [2.05, 4.69) is 28.5 Å². The van der Waals surface area contributed by atoms with Crippen molar-refractivity contribution in [2.75, 3.05) is 10.6 Å². The first-order valence-electron chi connectivity index (χ1n) is 9.65. The van der Waals surface area contributed by atoms with Gasteiger partial charge in [-0.3, -0.25) is 14.3 Å². The summed E-state index contributed by atoms with van der Waals surface area (Å²) in [6.45, 7) is 13.4. The summed E-state index contributed by atoms with van der Waals surface area (Å²) in [5, 5.41) is 5.46. The second kappa shape index (κ2) is 11.4. The van der Waals surface area contributed by atoms with E-state index in [0.717, 1.165) is 16.9 Å². The van der Waals surface area contributed by atoms with Crippen LogP contribution in [-0.4, -0.2) is 17.7 Å². The van der Waals surface area contributed by atoms with E-state index in [9.17, 15) is 14.4 Å². The molecule has 8 heteroatoms. The van der Waals surface area contributed by atoms with Crippen LogP contribution in [-0.2, 0) is 4.79 Å². The van der Waals surface area contributed by atoms with E-state index >= 15 is 0 Å². The van der Waals surface area contributed by atoms with E-state index in [-0.39, 0.29) is 11.7 Å². The highest BCUT2D eigenvalue weighted by Gasteiger charge is 2.35. The number of carbonyl (C=O) groups is 3. The Morgan fingerprint density at radius 3 is 2.32 bits per heavy atom. The van der Waals surface area contributed by atoms with E-state index in [1.165, 1.54) is 11.8 Å². The molecule has 31 heavy (non-hydrogen) atoms. The van der Waals surface area contributed by atoms with Gasteiger partial charge in [-0.15, -0.1) is 0 Å². The molecule has 6 nitrogen and oxygen atoms in total. The number of benzene rings is 2. The molecule has 3 rings (SSSR count). The molecule has 0 saturated heterocycles. The zero-order valence-corrected chi connectivity index (χ0v) is 19.3. The molecule has 1 heterocycles. The Labute approximate surface area is 191 Å². The lowest BCUT2D eigenvalue weighted by Crippen LogP contribution is -2.33. The maximum Gasteiger partial charge on any atom is 0.329 e. The number of amides is 3. The zero-order chi connectivity index (χ0) is 23.0. The fourth-order valence-corrected chi connectivity index (χ4v) is 4.19. The van der Waals surface area contributed by atoms with Crippen LogP contribution in [0.4, 0.5) is 16.2 Å². The Morgan fingerprint density at radius 1 is 1.03 bits per heavy atom. The number of thioether (sulfide) groups is 1. The third kappa shape index (κ3) is 6.50. The second-order valence-electron chi connectivity index (χ2n) is 6.29. The molecule has 1 unspecified atom stereocenters. The lowest BCUT2D eigenvalue weighted by molar-refractivity contribution is -0.116. The van der Waals surface area contributed by atoms with Crippen molar-refractivity contribution in [2.45, 2.75) is 26.7 Å². The molecular weight excluding hydrogens is 430 g/mol. The number of hydrogen-bond acceptors (Lipinski definition) is 5. The average molecular weight is 456 g/mol. The van der Waals surface area contributed by atoms with Crippen LogP contribution in [0.3, 0.4) is 0 Å². The molecule has 1 atom stereocenters. The number of nitrogens with one attached hydrogen (secondary N) is 3. The molecule has 0 fully saturated rings. The molecule has 2 aromatic rings. The molecule has 0 radical (unpaired) electrons. The lowest BCUT2D eigenvalue weighted by atomic mass is 9.86. The second-order valence-corrected chi connectivity index (χ2v) is 8.84. The van der Waals surface area contributed by atoms with Gasteiger partial charge in [0.1, 0.15) is 5.92 Å². The van der Waals surface area contributed by atoms with Gasteiger partial charge in [0.2, 0.25) is 5.91 Å². The number of carbonyl (C=O) groups excluding carboxylic acids is 3. The van der Waals surface area contributed by atoms with Gasteiger partial charge < -0.3 is 10.6 Å². The molecule has 3 N–H and O–H groups in total. The minimum atomic E-state index is -0.911. The molecule has 2 aromatic carbocycles. The lowest BCUT2D eigenvalue weighted by Gasteiger charge is -2.23. The highest BCUT2D eigenvalue weighted by Crippen LogP contribution is 2.32. The van der Waals surface area contributed by atoms with Crippen LogP contribution in [0.15, 0.2) is 70.8 Å². The third-order valence-electron chi connectivity index (χ3n) is 4.02. The molecule has 0 bridgehead atoms. The first-order valence-corrected chi connectivity index (χ1v) is 11.3. The third-order valence-corrected chi connectivity index (χ3v) is 5.61. The number of fused-ring (bicyclic) bond motifs is 1. The van der Waals surface area contributed by atoms with Crippen molar-refractivity contribution >= 4 is 52.8 Å². The first kappa shape index (κ1) is 24.3. The van der Waals surface area contributed by atoms with E-state index in [0.29, 0.717) is 26.7 Å². The summed E-state index contributed by atoms with van der Waals surface area (Å²) >= 11 is 2.48. The first-order chi connectivity index (χ1) is 14.8. The minimum absolute atomic E-state index is 0.243. The summed E-state index contributed by atoms with van der Waals surface area (Å²) in [5.74, 6) is -1.52. The maximum absolute atomic E-state index is 12.8. The Hall–Kier alpha value is -2.97. The van der Waals surface area contributed by atoms with E-state index in [4.69, 9.17) is 0 Å². The van der Waals surface area contributed by atoms with Gasteiger partial charge in [-0.05, 0) is 53.6 Å². The summed E-state index contributed by atoms with van der Waals surface area (Å²) in [4.78, 5) is 38.1. The standard InChI is InChI=1S/C21H19N3O3S2.C2H6/c1-12(2)28-13(3)29-24-21(27)22-15-10-8-14(9-11-15)18-19(25)16-6-4-5-7-17(16)23-20(18)26;1-2/h4-11,18H,1,3H2,2H3,(H,23,26)(H2,22,24,27);1-2H3. The SMILES string of the molecule is C=C(C)SC(=C)SNC(=O)Nc1ccc(C2C(=O)Nc3ccccc3C2=O)cc1.CC. The number of para-hydroxylation sites is 1. The van der Waals surface area contributed by atoms with Crippen molar-refractivity contribution in [3.63, 3.8) is 0 Å². The molecule has 0 spiro atoms. The van der Waals surface area contributed by atoms with Crippen LogP contribution in [0.5, 0.6) is 0 Å². The van der Waals surface area contributed by atoms with Crippen LogP contribution in [0, 0.1) is 0 Å². The van der Waals surface area contributed by atoms with E-state index < -0.39 is 11.9 Å². The largest absolute Gasteiger partial charge is 0.329 e. The zero-order valence-electron chi connectivity index (χ0n) is 17.7. The predicted octanol–water partition coefficient (Wildman–Crippen LogP) is 6.14. The molecule has 162 valence electrons. The van der Waals surface area contributed by atoms with Gasteiger partial charge >= 0.3 is 6.03 Å². The molecular formula is C23H25N3O3S2. The van der Waals surface area contributed by atoms with Crippen molar-refractivity contribution in [1.29, 1.82) is 0 Å². The maximum atomic E-state index is 12.8. The van der Waals surface area contributed by atoms with Gasteiger partial charge in [-0.1, -0.05) is 63.0 Å². The number of anilines is 2. The Bertz CT molecular complexity index is 1000. The van der Waals surface area contributed by atoms with Crippen LogP contribution >= 0.6 is 23.7 Å². The quantitative estimate of drug-likeness (QED) is 0.360. The Morgan fingerprint density at radius 2 is 1.68 bits per heavy atom. The molecule has 0 aliphatic carbocycles. The number of ketones is 1. The topological polar surface area (TPSA) is 87.3 Å². The minimum Gasteiger partial charge on any atom is -0.324 e. The number of urea groups is 1.